The molecule has 0 saturated carbocycles. The van der Waals surface area contributed by atoms with E-state index in [1.807, 2.05) is 42.5 Å². The predicted octanol–water partition coefficient (Wildman–Crippen LogP) is 7.04. The van der Waals surface area contributed by atoms with Crippen LogP contribution in [0.3, 0.4) is 0 Å². The number of benzene rings is 4. The number of fused-ring (bicyclic) bond motifs is 1. The van der Waals surface area contributed by atoms with Gasteiger partial charge in [0, 0.05) is 41.5 Å². The van der Waals surface area contributed by atoms with Crippen molar-refractivity contribution >= 4 is 38.4 Å². The zero-order valence-corrected chi connectivity index (χ0v) is 25.9. The summed E-state index contributed by atoms with van der Waals surface area (Å²) in [5, 5.41) is 2.17. The van der Waals surface area contributed by atoms with E-state index in [4.69, 9.17) is 5.73 Å². The highest BCUT2D eigenvalue weighted by Crippen LogP contribution is 2.30. The zero-order valence-electron chi connectivity index (χ0n) is 24.3. The molecule has 1 amide bonds. The number of carbonyl (C=O) groups is 2. The fourth-order valence-corrected chi connectivity index (χ4v) is 6.63. The third-order valence-corrected chi connectivity index (χ3v) is 9.21. The van der Waals surface area contributed by atoms with Crippen molar-refractivity contribution in [1.29, 1.82) is 0 Å². The van der Waals surface area contributed by atoms with Gasteiger partial charge in [-0.25, -0.2) is 0 Å². The topological polar surface area (TPSA) is 66.6 Å². The number of halogens is 1. The molecule has 218 valence electrons. The number of carbonyl (C=O) groups excluding carboxylic acids is 2. The zero-order chi connectivity index (χ0) is 29.5. The number of hydrogen-bond acceptors (Lipinski definition) is 4. The summed E-state index contributed by atoms with van der Waals surface area (Å²) < 4.78 is 1.03. The van der Waals surface area contributed by atoms with E-state index in [0.717, 1.165) is 40.1 Å². The lowest BCUT2D eigenvalue weighted by Gasteiger charge is -2.33. The molecule has 5 nitrogen and oxygen atoms in total. The Balaban J connectivity index is 1.33. The van der Waals surface area contributed by atoms with Gasteiger partial charge in [-0.15, -0.1) is 0 Å². The monoisotopic (exact) mass is 625 g/mol. The average molecular weight is 627 g/mol. The Bertz CT molecular complexity index is 1450. The first-order chi connectivity index (χ1) is 20.4. The van der Waals surface area contributed by atoms with E-state index in [1.54, 1.807) is 0 Å². The summed E-state index contributed by atoms with van der Waals surface area (Å²) in [5.74, 6) is 0.396. The van der Waals surface area contributed by atoms with Crippen molar-refractivity contribution in [3.8, 4) is 0 Å². The standard InChI is InChI=1S/C36H40BrN3O2/c1-39-32(18-19-35(41)30-15-14-29-24-31(37)17-16-28(29)23-30)20-22-40(36(42)34(39)13-8-21-38)25-33(26-9-4-2-5-10-26)27-11-6-3-7-12-27/h2-7,9-12,14-17,23-24,32-34H,8,13,18-22,25,38H2,1H3/t32-,34+/m1/s1. The molecule has 5 rings (SSSR count). The van der Waals surface area contributed by atoms with Crippen molar-refractivity contribution < 1.29 is 9.59 Å². The first-order valence-electron chi connectivity index (χ1n) is 15.0. The molecule has 1 aliphatic heterocycles. The van der Waals surface area contributed by atoms with Crippen molar-refractivity contribution in [2.24, 2.45) is 5.73 Å². The van der Waals surface area contributed by atoms with Crippen LogP contribution in [0.15, 0.2) is 102 Å². The molecule has 1 fully saturated rings. The predicted molar refractivity (Wildman–Crippen MR) is 175 cm³/mol. The van der Waals surface area contributed by atoms with Gasteiger partial charge in [0.05, 0.1) is 6.04 Å². The van der Waals surface area contributed by atoms with E-state index in [9.17, 15) is 9.59 Å². The van der Waals surface area contributed by atoms with Gasteiger partial charge < -0.3 is 10.6 Å². The minimum Gasteiger partial charge on any atom is -0.340 e. The van der Waals surface area contributed by atoms with Crippen molar-refractivity contribution in [2.45, 2.75) is 50.1 Å². The molecule has 1 aliphatic rings. The van der Waals surface area contributed by atoms with Gasteiger partial charge in [-0.3, -0.25) is 14.5 Å². The maximum atomic E-state index is 14.1. The third-order valence-electron chi connectivity index (χ3n) is 8.71. The second-order valence-corrected chi connectivity index (χ2v) is 12.3. The number of ketones is 1. The Morgan fingerprint density at radius 3 is 2.21 bits per heavy atom. The number of nitrogens with zero attached hydrogens (tertiary/aromatic N) is 2. The Kier molecular flexibility index (Phi) is 10.2. The molecule has 1 saturated heterocycles. The van der Waals surface area contributed by atoms with Crippen molar-refractivity contribution in [2.75, 3.05) is 26.7 Å². The normalized spacial score (nSPS) is 18.0. The van der Waals surface area contributed by atoms with Crippen LogP contribution in [-0.4, -0.2) is 60.3 Å². The van der Waals surface area contributed by atoms with Crippen LogP contribution in [0.1, 0.15) is 59.5 Å². The van der Waals surface area contributed by atoms with E-state index < -0.39 is 0 Å². The van der Waals surface area contributed by atoms with Gasteiger partial charge in [-0.05, 0) is 79.4 Å². The minimum atomic E-state index is -0.248. The Morgan fingerprint density at radius 2 is 1.55 bits per heavy atom. The number of likely N-dealkylation sites (N-methyl/N-ethyl adjacent to an activating group) is 1. The SMILES string of the molecule is CN1[C@H](CCC(=O)c2ccc3cc(Br)ccc3c2)CCN(CC(c2ccccc2)c2ccccc2)C(=O)[C@@H]1CCCN. The molecule has 4 aromatic rings. The van der Waals surface area contributed by atoms with E-state index >= 15 is 0 Å². The Labute approximate surface area is 257 Å². The maximum absolute atomic E-state index is 14.1. The number of rotatable bonds is 11. The molecule has 0 radical (unpaired) electrons. The molecule has 4 aromatic carbocycles. The van der Waals surface area contributed by atoms with Crippen molar-refractivity contribution in [3.05, 3.63) is 118 Å². The molecule has 6 heteroatoms. The van der Waals surface area contributed by atoms with Crippen LogP contribution in [0.2, 0.25) is 0 Å². The molecular weight excluding hydrogens is 586 g/mol. The highest BCUT2D eigenvalue weighted by Gasteiger charge is 2.36. The van der Waals surface area contributed by atoms with E-state index in [-0.39, 0.29) is 29.7 Å². The lowest BCUT2D eigenvalue weighted by Crippen LogP contribution is -2.47. The number of nitrogens with two attached hydrogens (primary N) is 1. The van der Waals surface area contributed by atoms with Crippen LogP contribution in [0.5, 0.6) is 0 Å². The quantitative estimate of drug-likeness (QED) is 0.182. The smallest absolute Gasteiger partial charge is 0.239 e. The van der Waals surface area contributed by atoms with Gasteiger partial charge in [0.25, 0.3) is 0 Å². The lowest BCUT2D eigenvalue weighted by atomic mass is 9.90. The van der Waals surface area contributed by atoms with Crippen LogP contribution in [0.25, 0.3) is 10.8 Å². The minimum absolute atomic E-state index is 0.0865. The van der Waals surface area contributed by atoms with Gasteiger partial charge in [0.1, 0.15) is 0 Å². The Morgan fingerprint density at radius 1 is 0.905 bits per heavy atom. The molecule has 0 bridgehead atoms. The molecular formula is C36H40BrN3O2. The molecule has 2 N–H and O–H groups in total. The van der Waals surface area contributed by atoms with Gasteiger partial charge in [0.15, 0.2) is 5.78 Å². The largest absolute Gasteiger partial charge is 0.340 e. The lowest BCUT2D eigenvalue weighted by molar-refractivity contribution is -0.135. The average Bonchev–Trinajstić information content (AvgIpc) is 3.13. The van der Waals surface area contributed by atoms with Crippen molar-refractivity contribution in [1.82, 2.24) is 9.80 Å². The summed E-state index contributed by atoms with van der Waals surface area (Å²) in [6.45, 7) is 1.84. The fourth-order valence-electron chi connectivity index (χ4n) is 6.25. The second kappa shape index (κ2) is 14.2. The summed E-state index contributed by atoms with van der Waals surface area (Å²) in [6.07, 6.45) is 3.50. The summed E-state index contributed by atoms with van der Waals surface area (Å²) in [4.78, 5) is 31.7. The van der Waals surface area contributed by atoms with Gasteiger partial charge >= 0.3 is 0 Å². The third kappa shape index (κ3) is 7.17. The number of hydrogen-bond donors (Lipinski definition) is 1. The van der Waals surface area contributed by atoms with Gasteiger partial charge in [-0.1, -0.05) is 94.8 Å². The van der Waals surface area contributed by atoms with Crippen LogP contribution in [0.4, 0.5) is 0 Å². The van der Waals surface area contributed by atoms with Gasteiger partial charge in [0.2, 0.25) is 5.91 Å². The van der Waals surface area contributed by atoms with Crippen LogP contribution in [0, 0.1) is 0 Å². The van der Waals surface area contributed by atoms with E-state index in [0.29, 0.717) is 32.5 Å². The van der Waals surface area contributed by atoms with Crippen LogP contribution in [-0.2, 0) is 4.79 Å². The summed E-state index contributed by atoms with van der Waals surface area (Å²) >= 11 is 3.52. The fraction of sp³-hybridized carbons (Fsp3) is 0.333. The molecule has 0 aliphatic carbocycles. The molecule has 1 heterocycles. The van der Waals surface area contributed by atoms with E-state index in [2.05, 4.69) is 87.4 Å². The molecule has 2 atom stereocenters. The molecule has 0 aromatic heterocycles. The Hall–Kier alpha value is -3.32. The van der Waals surface area contributed by atoms with E-state index in [1.165, 1.54) is 11.1 Å². The van der Waals surface area contributed by atoms with Crippen LogP contribution >= 0.6 is 15.9 Å². The maximum Gasteiger partial charge on any atom is 0.239 e. The highest BCUT2D eigenvalue weighted by atomic mass is 79.9. The summed E-state index contributed by atoms with van der Waals surface area (Å²) in [6, 6.07) is 32.8. The summed E-state index contributed by atoms with van der Waals surface area (Å²) in [7, 11) is 2.05. The first-order valence-corrected chi connectivity index (χ1v) is 15.8. The molecule has 0 unspecified atom stereocenters. The molecule has 0 spiro atoms. The van der Waals surface area contributed by atoms with Crippen molar-refractivity contribution in [3.63, 3.8) is 0 Å². The van der Waals surface area contributed by atoms with Gasteiger partial charge in [-0.2, -0.15) is 0 Å². The second-order valence-electron chi connectivity index (χ2n) is 11.4. The number of Topliss-reactive ketones (excluding diaryl/α,β-unsaturated/α-hetero) is 1. The highest BCUT2D eigenvalue weighted by molar-refractivity contribution is 9.10. The van der Waals surface area contributed by atoms with Crippen LogP contribution < -0.4 is 5.73 Å². The summed E-state index contributed by atoms with van der Waals surface area (Å²) in [5.41, 5.74) is 9.05. The number of amides is 1. The first kappa shape index (κ1) is 30.1. The molecule has 42 heavy (non-hydrogen) atoms.